The highest BCUT2D eigenvalue weighted by atomic mass is 32.2. The molecule has 1 unspecified atom stereocenters. The molecular formula is C17H22N4O4S. The van der Waals surface area contributed by atoms with Gasteiger partial charge in [0.2, 0.25) is 0 Å². The molecule has 140 valence electrons. The summed E-state index contributed by atoms with van der Waals surface area (Å²) in [6.45, 7) is 4.28. The van der Waals surface area contributed by atoms with Crippen molar-refractivity contribution in [3.05, 3.63) is 35.2 Å². The first-order chi connectivity index (χ1) is 12.3. The van der Waals surface area contributed by atoms with E-state index in [1.165, 1.54) is 12.1 Å². The lowest BCUT2D eigenvalue weighted by Crippen LogP contribution is -2.50. The van der Waals surface area contributed by atoms with Gasteiger partial charge in [-0.15, -0.1) is 0 Å². The number of carbonyl (C=O) groups is 1. The topological polar surface area (TPSA) is 109 Å². The number of aliphatic imine (C=N–C) groups is 1. The summed E-state index contributed by atoms with van der Waals surface area (Å²) in [5, 5.41) is 2.74. The minimum absolute atomic E-state index is 0.139. The third-order valence-corrected chi connectivity index (χ3v) is 5.23. The molecule has 0 spiro atoms. The molecular weight excluding hydrogens is 356 g/mol. The van der Waals surface area contributed by atoms with Crippen LogP contribution in [0.3, 0.4) is 0 Å². The average molecular weight is 378 g/mol. The number of allylic oxidation sites excluding steroid dienone is 1. The Balaban J connectivity index is 2.13. The molecule has 3 rings (SSSR count). The fourth-order valence-corrected chi connectivity index (χ4v) is 3.55. The maximum Gasteiger partial charge on any atom is 0.250 e. The summed E-state index contributed by atoms with van der Waals surface area (Å²) in [5.41, 5.74) is 7.86. The van der Waals surface area contributed by atoms with E-state index in [2.05, 4.69) is 21.2 Å². The van der Waals surface area contributed by atoms with Crippen molar-refractivity contribution in [2.75, 3.05) is 12.9 Å². The normalized spacial score (nSPS) is 19.6. The number of hydrogen-bond acceptors (Lipinski definition) is 7. The Hall–Kier alpha value is -2.39. The molecule has 9 heteroatoms. The third-order valence-electron chi connectivity index (χ3n) is 4.12. The average Bonchev–Trinajstić information content (AvgIpc) is 2.98. The Morgan fingerprint density at radius 2 is 2.04 bits per heavy atom. The standard InChI is InChI=1S/C17H22N4O4S/c1-4-6-12-14-15(21-20-12)17(22)19-16(18-14)11-9-10(26(3,23)24)7-8-13(11)25-5-2/h7-9,15,20-21H,4-6H2,1-3H3,(H,18,19,22). The van der Waals surface area contributed by atoms with E-state index in [0.29, 0.717) is 23.6 Å². The smallest absolute Gasteiger partial charge is 0.250 e. The van der Waals surface area contributed by atoms with Gasteiger partial charge in [0.25, 0.3) is 5.91 Å². The number of hydrogen-bond donors (Lipinski definition) is 3. The zero-order valence-corrected chi connectivity index (χ0v) is 15.7. The van der Waals surface area contributed by atoms with Crippen molar-refractivity contribution in [3.8, 4) is 5.75 Å². The van der Waals surface area contributed by atoms with E-state index in [-0.39, 0.29) is 16.6 Å². The number of nitrogens with one attached hydrogen (secondary N) is 3. The minimum atomic E-state index is -3.41. The molecule has 8 nitrogen and oxygen atoms in total. The van der Waals surface area contributed by atoms with Crippen LogP contribution >= 0.6 is 0 Å². The number of amidine groups is 1. The lowest BCUT2D eigenvalue weighted by Gasteiger charge is -2.21. The number of fused-ring (bicyclic) bond motifs is 1. The Morgan fingerprint density at radius 1 is 1.27 bits per heavy atom. The molecule has 1 aromatic rings. The number of nitrogens with zero attached hydrogens (tertiary/aromatic N) is 1. The van der Waals surface area contributed by atoms with Gasteiger partial charge in [-0.05, 0) is 31.5 Å². The first-order valence-electron chi connectivity index (χ1n) is 8.46. The van der Waals surface area contributed by atoms with Crippen molar-refractivity contribution < 1.29 is 17.9 Å². The number of rotatable bonds is 6. The van der Waals surface area contributed by atoms with E-state index in [1.54, 1.807) is 6.07 Å². The van der Waals surface area contributed by atoms with Crippen molar-refractivity contribution in [2.45, 2.75) is 37.6 Å². The van der Waals surface area contributed by atoms with Gasteiger partial charge in [0.1, 0.15) is 17.6 Å². The van der Waals surface area contributed by atoms with E-state index in [9.17, 15) is 13.2 Å². The molecule has 0 bridgehead atoms. The van der Waals surface area contributed by atoms with Crippen molar-refractivity contribution in [1.82, 2.24) is 16.2 Å². The predicted octanol–water partition coefficient (Wildman–Crippen LogP) is 0.853. The van der Waals surface area contributed by atoms with Crippen LogP contribution in [0.15, 0.2) is 39.5 Å². The molecule has 0 radical (unpaired) electrons. The summed E-state index contributed by atoms with van der Waals surface area (Å²) in [6, 6.07) is 3.99. The van der Waals surface area contributed by atoms with Crippen molar-refractivity contribution in [3.63, 3.8) is 0 Å². The van der Waals surface area contributed by atoms with Crippen molar-refractivity contribution in [2.24, 2.45) is 4.99 Å². The van der Waals surface area contributed by atoms with Gasteiger partial charge in [0.05, 0.1) is 22.8 Å². The minimum Gasteiger partial charge on any atom is -0.493 e. The number of hydrazine groups is 1. The van der Waals surface area contributed by atoms with Crippen LogP contribution < -0.4 is 20.9 Å². The van der Waals surface area contributed by atoms with Gasteiger partial charge in [-0.3, -0.25) is 4.79 Å². The Kier molecular flexibility index (Phi) is 5.01. The molecule has 0 aliphatic carbocycles. The molecule has 0 saturated carbocycles. The van der Waals surface area contributed by atoms with Gasteiger partial charge in [0, 0.05) is 12.0 Å². The van der Waals surface area contributed by atoms with Crippen LogP contribution in [0.5, 0.6) is 5.75 Å². The molecule has 2 aliphatic rings. The molecule has 3 N–H and O–H groups in total. The lowest BCUT2D eigenvalue weighted by atomic mass is 10.1. The van der Waals surface area contributed by atoms with Crippen LogP contribution in [0.4, 0.5) is 0 Å². The van der Waals surface area contributed by atoms with Crippen LogP contribution in [0, 0.1) is 0 Å². The van der Waals surface area contributed by atoms with Gasteiger partial charge in [-0.25, -0.2) is 18.8 Å². The van der Waals surface area contributed by atoms with E-state index >= 15 is 0 Å². The second-order valence-corrected chi connectivity index (χ2v) is 8.14. The third kappa shape index (κ3) is 3.45. The van der Waals surface area contributed by atoms with Crippen molar-refractivity contribution in [1.29, 1.82) is 0 Å². The molecule has 0 aromatic heterocycles. The molecule has 0 fully saturated rings. The summed E-state index contributed by atoms with van der Waals surface area (Å²) < 4.78 is 29.5. The van der Waals surface area contributed by atoms with Gasteiger partial charge in [-0.2, -0.15) is 0 Å². The molecule has 2 heterocycles. The molecule has 26 heavy (non-hydrogen) atoms. The van der Waals surface area contributed by atoms with E-state index in [1.807, 2.05) is 13.8 Å². The summed E-state index contributed by atoms with van der Waals surface area (Å²) in [5.74, 6) is 0.499. The fraction of sp³-hybridized carbons (Fsp3) is 0.412. The number of carbonyl (C=O) groups excluding carboxylic acids is 1. The Bertz CT molecular complexity index is 905. The van der Waals surface area contributed by atoms with Crippen LogP contribution in [0.1, 0.15) is 32.3 Å². The first-order valence-corrected chi connectivity index (χ1v) is 10.4. The number of ether oxygens (including phenoxy) is 1. The lowest BCUT2D eigenvalue weighted by molar-refractivity contribution is -0.121. The maximum atomic E-state index is 12.5. The number of amides is 1. The molecule has 1 amide bonds. The van der Waals surface area contributed by atoms with Gasteiger partial charge >= 0.3 is 0 Å². The second-order valence-electron chi connectivity index (χ2n) is 6.13. The quantitative estimate of drug-likeness (QED) is 0.677. The zero-order chi connectivity index (χ0) is 18.9. The largest absolute Gasteiger partial charge is 0.493 e. The van der Waals surface area contributed by atoms with E-state index in [4.69, 9.17) is 4.74 Å². The predicted molar refractivity (Wildman–Crippen MR) is 97.4 cm³/mol. The zero-order valence-electron chi connectivity index (χ0n) is 14.9. The monoisotopic (exact) mass is 378 g/mol. The summed E-state index contributed by atoms with van der Waals surface area (Å²) >= 11 is 0. The molecule has 1 atom stereocenters. The van der Waals surface area contributed by atoms with Crippen LogP contribution in [-0.4, -0.2) is 39.1 Å². The van der Waals surface area contributed by atoms with Gasteiger partial charge in [-0.1, -0.05) is 13.3 Å². The number of sulfone groups is 1. The van der Waals surface area contributed by atoms with Crippen molar-refractivity contribution >= 4 is 21.6 Å². The summed E-state index contributed by atoms with van der Waals surface area (Å²) in [4.78, 5) is 17.2. The molecule has 0 saturated heterocycles. The summed E-state index contributed by atoms with van der Waals surface area (Å²) in [7, 11) is -3.41. The van der Waals surface area contributed by atoms with E-state index in [0.717, 1.165) is 24.8 Å². The van der Waals surface area contributed by atoms with Gasteiger partial charge < -0.3 is 15.5 Å². The number of benzene rings is 1. The van der Waals surface area contributed by atoms with Crippen LogP contribution in [0.25, 0.3) is 0 Å². The first kappa shape index (κ1) is 18.4. The van der Waals surface area contributed by atoms with E-state index < -0.39 is 15.9 Å². The maximum absolute atomic E-state index is 12.5. The highest BCUT2D eigenvalue weighted by molar-refractivity contribution is 7.90. The van der Waals surface area contributed by atoms with Crippen LogP contribution in [0.2, 0.25) is 0 Å². The highest BCUT2D eigenvalue weighted by Crippen LogP contribution is 2.27. The summed E-state index contributed by atoms with van der Waals surface area (Å²) in [6.07, 6.45) is 2.79. The second kappa shape index (κ2) is 7.08. The van der Waals surface area contributed by atoms with Crippen LogP contribution in [-0.2, 0) is 14.6 Å². The molecule has 2 aliphatic heterocycles. The SMILES string of the molecule is CCCC1=C2N=C(c3cc(S(C)(=O)=O)ccc3OCC)NC(=O)C2NN1. The van der Waals surface area contributed by atoms with Gasteiger partial charge in [0.15, 0.2) is 9.84 Å². The molecule has 1 aromatic carbocycles. The fourth-order valence-electron chi connectivity index (χ4n) is 2.90. The highest BCUT2D eigenvalue weighted by Gasteiger charge is 2.36. The Labute approximate surface area is 152 Å². The Morgan fingerprint density at radius 3 is 2.69 bits per heavy atom.